The summed E-state index contributed by atoms with van der Waals surface area (Å²) in [5.74, 6) is 0. The summed E-state index contributed by atoms with van der Waals surface area (Å²) in [6.07, 6.45) is 13.2. The fourth-order valence-corrected chi connectivity index (χ4v) is 14.4. The number of rotatable bonds is 18. The molecule has 0 unspecified atom stereocenters. The molecular weight excluding hydrogens is 617 g/mol. The first-order valence-electron chi connectivity index (χ1n) is 17.2. The molecule has 0 spiro atoms. The number of hydrogen-bond acceptors (Lipinski definition) is 4. The van der Waals surface area contributed by atoms with E-state index in [0.29, 0.717) is 13.0 Å². The molecule has 0 aliphatic rings. The number of hydrogen-bond donors (Lipinski definition) is 0. The van der Waals surface area contributed by atoms with E-state index in [1.807, 2.05) is 24.3 Å². The van der Waals surface area contributed by atoms with Gasteiger partial charge in [0.15, 0.2) is 16.6 Å². The van der Waals surface area contributed by atoms with Crippen molar-refractivity contribution in [3.8, 4) is 0 Å². The topological polar surface area (TPSA) is 44.8 Å². The fourth-order valence-electron chi connectivity index (χ4n) is 5.79. The zero-order chi connectivity index (χ0) is 34.5. The van der Waals surface area contributed by atoms with Crippen LogP contribution in [0.3, 0.4) is 0 Å². The van der Waals surface area contributed by atoms with Crippen LogP contribution in [0.4, 0.5) is 0 Å². The molecule has 2 aromatic rings. The van der Waals surface area contributed by atoms with E-state index in [1.165, 1.54) is 10.4 Å². The van der Waals surface area contributed by atoms with Gasteiger partial charge >= 0.3 is 0 Å². The van der Waals surface area contributed by atoms with E-state index < -0.39 is 31.1 Å². The third kappa shape index (κ3) is 10.7. The van der Waals surface area contributed by atoms with Gasteiger partial charge in [-0.2, -0.15) is 0 Å². The Hall–Kier alpha value is -2.14. The number of carbonyl (C=O) groups excluding carboxylic acids is 1. The largest absolute Gasteiger partial charge is 0.410 e. The second-order valence-electron chi connectivity index (χ2n) is 14.9. The predicted octanol–water partition coefficient (Wildman–Crippen LogP) is 9.60. The van der Waals surface area contributed by atoms with E-state index in [1.54, 1.807) is 0 Å². The molecule has 0 saturated heterocycles. The molecule has 0 amide bonds. The molecule has 0 saturated carbocycles. The Morgan fingerprint density at radius 1 is 0.674 bits per heavy atom. The lowest BCUT2D eigenvalue weighted by Crippen LogP contribution is -2.66. The van der Waals surface area contributed by atoms with E-state index in [2.05, 4.69) is 148 Å². The van der Waals surface area contributed by atoms with Crippen LogP contribution in [0.1, 0.15) is 68.7 Å². The Bertz CT molecular complexity index is 1210. The van der Waals surface area contributed by atoms with Crippen molar-refractivity contribution < 1.29 is 18.1 Å². The van der Waals surface area contributed by atoms with E-state index >= 15 is 0 Å². The molecule has 0 aromatic heterocycles. The normalized spacial score (nSPS) is 15.2. The highest BCUT2D eigenvalue weighted by Crippen LogP contribution is 2.38. The van der Waals surface area contributed by atoms with Crippen LogP contribution in [-0.2, 0) is 18.1 Å². The average Bonchev–Trinajstić information content (AvgIpc) is 3.02. The minimum absolute atomic E-state index is 0.0576. The Kier molecular flexibility index (Phi) is 15.5. The molecule has 2 rings (SSSR count). The molecular formula is C39H62O4Si3. The van der Waals surface area contributed by atoms with Gasteiger partial charge in [-0.25, -0.2) is 0 Å². The molecule has 2 atom stereocenters. The van der Waals surface area contributed by atoms with E-state index in [4.69, 9.17) is 13.3 Å². The Labute approximate surface area is 284 Å². The van der Waals surface area contributed by atoms with Crippen LogP contribution in [0.2, 0.25) is 41.3 Å². The highest BCUT2D eigenvalue weighted by atomic mass is 28.4. The molecule has 0 aliphatic carbocycles. The van der Waals surface area contributed by atoms with Crippen molar-refractivity contribution in [3.63, 3.8) is 0 Å². The van der Waals surface area contributed by atoms with E-state index in [9.17, 15) is 4.79 Å². The maximum Gasteiger partial charge on any atom is 0.261 e. The monoisotopic (exact) mass is 678 g/mol. The first-order valence-corrected chi connectivity index (χ1v) is 24.5. The molecule has 0 fully saturated rings. The van der Waals surface area contributed by atoms with Gasteiger partial charge in [-0.1, -0.05) is 159 Å². The van der Waals surface area contributed by atoms with Crippen LogP contribution in [0.25, 0.3) is 0 Å². The lowest BCUT2D eigenvalue weighted by molar-refractivity contribution is -0.115. The Morgan fingerprint density at radius 3 is 1.61 bits per heavy atom. The van der Waals surface area contributed by atoms with Gasteiger partial charge in [0.1, 0.15) is 12.4 Å². The zero-order valence-corrected chi connectivity index (χ0v) is 33.6. The van der Waals surface area contributed by atoms with Crippen LogP contribution in [0, 0.1) is 0 Å². The van der Waals surface area contributed by atoms with Gasteiger partial charge in [0, 0.05) is 6.42 Å². The molecule has 0 N–H and O–H groups in total. The van der Waals surface area contributed by atoms with E-state index in [-0.39, 0.29) is 16.2 Å². The maximum atomic E-state index is 12.2. The van der Waals surface area contributed by atoms with Crippen LogP contribution in [0.5, 0.6) is 0 Å². The molecule has 7 heteroatoms. The summed E-state index contributed by atoms with van der Waals surface area (Å²) in [5.41, 5.74) is 0. The average molecular weight is 679 g/mol. The van der Waals surface area contributed by atoms with Gasteiger partial charge in [0.2, 0.25) is 0 Å². The minimum atomic E-state index is -2.56. The van der Waals surface area contributed by atoms with Gasteiger partial charge in [0.25, 0.3) is 8.32 Å². The lowest BCUT2D eigenvalue weighted by atomic mass is 10.1. The summed E-state index contributed by atoms with van der Waals surface area (Å²) in [6.45, 7) is 25.3. The van der Waals surface area contributed by atoms with Gasteiger partial charge in [-0.15, -0.1) is 0 Å². The second kappa shape index (κ2) is 17.9. The smallest absolute Gasteiger partial charge is 0.261 e. The first kappa shape index (κ1) is 40.0. The SMILES string of the molecule is CC[Si](CC)(CC)O[C@@H](C=O)C[C@H](\C=C/C=C\C=C\CO[Si](c1ccccc1)(c1ccccc1)C(C)(C)C)O[Si](C)(C)C(C)(C)C. The summed E-state index contributed by atoms with van der Waals surface area (Å²) < 4.78 is 20.4. The summed E-state index contributed by atoms with van der Waals surface area (Å²) in [5, 5.41) is 2.57. The van der Waals surface area contributed by atoms with Crippen molar-refractivity contribution in [2.45, 2.75) is 122 Å². The molecule has 254 valence electrons. The summed E-state index contributed by atoms with van der Waals surface area (Å²) in [7, 11) is -6.55. The molecule has 0 aliphatic heterocycles. The molecule has 0 radical (unpaired) electrons. The molecule has 2 aromatic carbocycles. The summed E-state index contributed by atoms with van der Waals surface area (Å²) in [4.78, 5) is 12.2. The molecule has 4 nitrogen and oxygen atoms in total. The maximum absolute atomic E-state index is 12.2. The van der Waals surface area contributed by atoms with Crippen LogP contribution in [-0.4, -0.2) is 50.1 Å². The molecule has 0 heterocycles. The van der Waals surface area contributed by atoms with Gasteiger partial charge in [-0.3, -0.25) is 0 Å². The quantitative estimate of drug-likeness (QED) is 0.0895. The van der Waals surface area contributed by atoms with Crippen LogP contribution < -0.4 is 10.4 Å². The standard InChI is InChI=1S/C39H62O4Si3/c1-12-45(13-2,14-3)43-35(33-40)32-34(42-44(10,11)38(4,5)6)26-20-16-15-17-25-31-41-46(39(7,8)9,36-27-21-18-22-28-36)37-29-23-19-24-30-37/h15-30,33-35H,12-14,31-32H2,1-11H3/b16-15-,25-17+,26-20-/t34-,35+/m0/s1. The van der Waals surface area contributed by atoms with Crippen molar-refractivity contribution in [2.75, 3.05) is 6.61 Å². The second-order valence-corrected chi connectivity index (χ2v) is 28.6. The van der Waals surface area contributed by atoms with Crippen LogP contribution >= 0.6 is 0 Å². The van der Waals surface area contributed by atoms with Gasteiger partial charge < -0.3 is 18.1 Å². The summed E-state index contributed by atoms with van der Waals surface area (Å²) >= 11 is 0. The van der Waals surface area contributed by atoms with Crippen LogP contribution in [0.15, 0.2) is 97.1 Å². The lowest BCUT2D eigenvalue weighted by Gasteiger charge is -2.42. The van der Waals surface area contributed by atoms with Crippen molar-refractivity contribution in [2.24, 2.45) is 0 Å². The summed E-state index contributed by atoms with van der Waals surface area (Å²) in [6, 6.07) is 24.5. The fraction of sp³-hybridized carbons (Fsp3) is 0.513. The van der Waals surface area contributed by atoms with Crippen molar-refractivity contribution in [1.82, 2.24) is 0 Å². The first-order chi connectivity index (χ1) is 21.6. The zero-order valence-electron chi connectivity index (χ0n) is 30.6. The number of aldehydes is 1. The predicted molar refractivity (Wildman–Crippen MR) is 206 cm³/mol. The Balaban J connectivity index is 2.23. The molecule has 0 bridgehead atoms. The number of carbonyl (C=O) groups is 1. The third-order valence-electron chi connectivity index (χ3n) is 9.81. The number of allylic oxidation sites excluding steroid dienone is 4. The van der Waals surface area contributed by atoms with Gasteiger partial charge in [-0.05, 0) is 51.7 Å². The van der Waals surface area contributed by atoms with E-state index in [0.717, 1.165) is 24.4 Å². The van der Waals surface area contributed by atoms with Crippen molar-refractivity contribution >= 4 is 41.6 Å². The molecule has 46 heavy (non-hydrogen) atoms. The highest BCUT2D eigenvalue weighted by Gasteiger charge is 2.50. The Morgan fingerprint density at radius 2 is 1.17 bits per heavy atom. The highest BCUT2D eigenvalue weighted by molar-refractivity contribution is 6.99. The minimum Gasteiger partial charge on any atom is -0.410 e. The number of benzene rings is 2. The van der Waals surface area contributed by atoms with Crippen molar-refractivity contribution in [3.05, 3.63) is 97.1 Å². The van der Waals surface area contributed by atoms with Crippen molar-refractivity contribution in [1.29, 1.82) is 0 Å². The van der Waals surface area contributed by atoms with Gasteiger partial charge in [0.05, 0.1) is 12.7 Å². The third-order valence-corrected chi connectivity index (χ3v) is 24.0.